The molecule has 0 aromatic heterocycles. The van der Waals surface area contributed by atoms with Gasteiger partial charge >= 0.3 is 0 Å². The summed E-state index contributed by atoms with van der Waals surface area (Å²) >= 11 is 0. The number of rotatable bonds is 0. The van der Waals surface area contributed by atoms with Crippen molar-refractivity contribution in [3.8, 4) is 0 Å². The lowest BCUT2D eigenvalue weighted by atomic mass is 10.7. The molecule has 0 fully saturated rings. The van der Waals surface area contributed by atoms with Crippen LogP contribution < -0.4 is 5.59 Å². The summed E-state index contributed by atoms with van der Waals surface area (Å²) in [4.78, 5) is 4.44. The summed E-state index contributed by atoms with van der Waals surface area (Å²) in [6.45, 7) is 0. The van der Waals surface area contributed by atoms with Crippen LogP contribution in [0.4, 0.5) is 0 Å². The minimum absolute atomic E-state index is 0. The SMILES string of the molecule is C1=CONN=C1.[B]. The molecule has 3 radical (unpaired) electrons. The van der Waals surface area contributed by atoms with E-state index in [4.69, 9.17) is 0 Å². The first-order chi connectivity index (χ1) is 3.00. The highest BCUT2D eigenvalue weighted by atomic mass is 16.7. The van der Waals surface area contributed by atoms with E-state index in [0.29, 0.717) is 0 Å². The molecule has 0 amide bonds. The Morgan fingerprint density at radius 1 is 1.57 bits per heavy atom. The highest BCUT2D eigenvalue weighted by Gasteiger charge is 1.73. The summed E-state index contributed by atoms with van der Waals surface area (Å²) in [5.41, 5.74) is 2.27. The molecule has 1 heterocycles. The van der Waals surface area contributed by atoms with E-state index >= 15 is 0 Å². The van der Waals surface area contributed by atoms with Crippen LogP contribution in [0, 0.1) is 0 Å². The van der Waals surface area contributed by atoms with E-state index in [0.717, 1.165) is 0 Å². The minimum Gasteiger partial charge on any atom is -0.373 e. The summed E-state index contributed by atoms with van der Waals surface area (Å²) in [6, 6.07) is 0. The number of nitrogens with zero attached hydrogens (tertiary/aromatic N) is 1. The van der Waals surface area contributed by atoms with Crippen LogP contribution in [0.25, 0.3) is 0 Å². The quantitative estimate of drug-likeness (QED) is 0.417. The number of hydrogen-bond acceptors (Lipinski definition) is 3. The third-order valence-electron chi connectivity index (χ3n) is 0.413. The first-order valence-corrected chi connectivity index (χ1v) is 1.59. The van der Waals surface area contributed by atoms with E-state index < -0.39 is 0 Å². The average molecular weight is 94.9 g/mol. The van der Waals surface area contributed by atoms with E-state index in [1.165, 1.54) is 6.26 Å². The molecule has 4 heteroatoms. The Kier molecular flexibility index (Phi) is 2.84. The van der Waals surface area contributed by atoms with Crippen LogP contribution in [0.2, 0.25) is 0 Å². The summed E-state index contributed by atoms with van der Waals surface area (Å²) in [5, 5.41) is 3.49. The molecule has 0 aliphatic carbocycles. The largest absolute Gasteiger partial charge is 0.373 e. The van der Waals surface area contributed by atoms with Crippen molar-refractivity contribution in [2.75, 3.05) is 0 Å². The smallest absolute Gasteiger partial charge is 0.122 e. The van der Waals surface area contributed by atoms with Gasteiger partial charge in [-0.3, -0.25) is 0 Å². The Labute approximate surface area is 43.6 Å². The summed E-state index contributed by atoms with van der Waals surface area (Å²) in [7, 11) is 0. The van der Waals surface area contributed by atoms with Gasteiger partial charge in [-0.1, -0.05) is 0 Å². The third kappa shape index (κ3) is 1.86. The van der Waals surface area contributed by atoms with Crippen LogP contribution in [0.1, 0.15) is 0 Å². The Hall–Kier alpha value is -0.925. The van der Waals surface area contributed by atoms with Gasteiger partial charge in [0.25, 0.3) is 0 Å². The fourth-order valence-corrected chi connectivity index (χ4v) is 0.209. The summed E-state index contributed by atoms with van der Waals surface area (Å²) < 4.78 is 0. The van der Waals surface area contributed by atoms with Gasteiger partial charge in [-0.15, -0.1) is 5.59 Å². The van der Waals surface area contributed by atoms with Crippen molar-refractivity contribution in [1.82, 2.24) is 5.59 Å². The molecule has 35 valence electrons. The van der Waals surface area contributed by atoms with Gasteiger partial charge < -0.3 is 4.84 Å². The van der Waals surface area contributed by atoms with Crippen molar-refractivity contribution in [2.45, 2.75) is 0 Å². The van der Waals surface area contributed by atoms with Crippen LogP contribution >= 0.6 is 0 Å². The highest BCUT2D eigenvalue weighted by molar-refractivity contribution is 5.75. The lowest BCUT2D eigenvalue weighted by Crippen LogP contribution is -2.03. The molecule has 1 rings (SSSR count). The van der Waals surface area contributed by atoms with Crippen LogP contribution in [0.15, 0.2) is 17.4 Å². The molecule has 0 atom stereocenters. The number of allylic oxidation sites excluding steroid dienone is 1. The normalized spacial score (nSPS) is 13.7. The zero-order valence-corrected chi connectivity index (χ0v) is 3.66. The molecule has 3 nitrogen and oxygen atoms in total. The third-order valence-corrected chi connectivity index (χ3v) is 0.413. The second-order valence-corrected chi connectivity index (χ2v) is 0.816. The first-order valence-electron chi connectivity index (χ1n) is 1.59. The van der Waals surface area contributed by atoms with Crippen molar-refractivity contribution < 1.29 is 4.84 Å². The van der Waals surface area contributed by atoms with E-state index in [9.17, 15) is 0 Å². The van der Waals surface area contributed by atoms with Crippen molar-refractivity contribution in [3.63, 3.8) is 0 Å². The van der Waals surface area contributed by atoms with Crippen molar-refractivity contribution in [2.24, 2.45) is 5.10 Å². The van der Waals surface area contributed by atoms with Crippen molar-refractivity contribution in [1.29, 1.82) is 0 Å². The van der Waals surface area contributed by atoms with E-state index in [2.05, 4.69) is 15.5 Å². The fraction of sp³-hybridized carbons (Fsp3) is 0. The summed E-state index contributed by atoms with van der Waals surface area (Å²) in [5.74, 6) is 0. The van der Waals surface area contributed by atoms with Gasteiger partial charge in [0.15, 0.2) is 0 Å². The Bertz CT molecular complexity index is 78.9. The van der Waals surface area contributed by atoms with Gasteiger partial charge in [0.1, 0.15) is 6.26 Å². The van der Waals surface area contributed by atoms with E-state index in [-0.39, 0.29) is 8.41 Å². The molecular weight excluding hydrogens is 90.9 g/mol. The molecular formula is C3H4BN2O. The first kappa shape index (κ1) is 6.07. The van der Waals surface area contributed by atoms with Crippen LogP contribution in [-0.4, -0.2) is 14.6 Å². The van der Waals surface area contributed by atoms with Gasteiger partial charge in [-0.2, -0.15) is 5.10 Å². The standard InChI is InChI=1S/C3H4N2O.B/c1-2-4-5-6-3-1;/h1-3,5H;. The molecule has 1 N–H and O–H groups in total. The van der Waals surface area contributed by atoms with Crippen molar-refractivity contribution in [3.05, 3.63) is 12.3 Å². The van der Waals surface area contributed by atoms with Crippen LogP contribution in [0.5, 0.6) is 0 Å². The molecule has 7 heavy (non-hydrogen) atoms. The molecule has 0 bridgehead atoms. The van der Waals surface area contributed by atoms with Gasteiger partial charge in [-0.25, -0.2) is 0 Å². The fourth-order valence-electron chi connectivity index (χ4n) is 0.209. The van der Waals surface area contributed by atoms with E-state index in [1.807, 2.05) is 0 Å². The van der Waals surface area contributed by atoms with Crippen molar-refractivity contribution >= 4 is 14.6 Å². The van der Waals surface area contributed by atoms with Gasteiger partial charge in [-0.05, 0) is 6.08 Å². The molecule has 0 saturated carbocycles. The van der Waals surface area contributed by atoms with E-state index in [1.54, 1.807) is 12.3 Å². The maximum atomic E-state index is 4.44. The zero-order chi connectivity index (χ0) is 4.24. The molecule has 1 aliphatic rings. The molecule has 1 aliphatic heterocycles. The molecule has 0 spiro atoms. The topological polar surface area (TPSA) is 33.6 Å². The monoisotopic (exact) mass is 95.0 g/mol. The predicted octanol–water partition coefficient (Wildman–Crippen LogP) is -0.360. The minimum atomic E-state index is 0. The van der Waals surface area contributed by atoms with Crippen LogP contribution in [-0.2, 0) is 4.84 Å². The number of hydrogen-bond donors (Lipinski definition) is 1. The maximum absolute atomic E-state index is 4.44. The number of hydrazone groups is 1. The summed E-state index contributed by atoms with van der Waals surface area (Å²) in [6.07, 6.45) is 4.80. The Morgan fingerprint density at radius 2 is 2.43 bits per heavy atom. The second kappa shape index (κ2) is 3.27. The molecule has 0 aromatic carbocycles. The highest BCUT2D eigenvalue weighted by Crippen LogP contribution is 1.74. The van der Waals surface area contributed by atoms with Crippen LogP contribution in [0.3, 0.4) is 0 Å². The average Bonchev–Trinajstić information content (AvgIpc) is 1.72. The maximum Gasteiger partial charge on any atom is 0.122 e. The zero-order valence-electron chi connectivity index (χ0n) is 3.66. The number of nitrogens with one attached hydrogen (secondary N) is 1. The predicted molar refractivity (Wildman–Crippen MR) is 27.6 cm³/mol. The Morgan fingerprint density at radius 3 is 2.57 bits per heavy atom. The Balaban J connectivity index is 0.000000360. The van der Waals surface area contributed by atoms with Gasteiger partial charge in [0.2, 0.25) is 0 Å². The second-order valence-electron chi connectivity index (χ2n) is 0.816. The van der Waals surface area contributed by atoms with Gasteiger partial charge in [0, 0.05) is 8.41 Å². The van der Waals surface area contributed by atoms with Gasteiger partial charge in [0.05, 0.1) is 6.21 Å². The lowest BCUT2D eigenvalue weighted by molar-refractivity contribution is 0.136. The molecule has 0 aromatic rings. The molecule has 0 unspecified atom stereocenters. The molecule has 0 saturated heterocycles. The lowest BCUT2D eigenvalue weighted by Gasteiger charge is -1.96.